The van der Waals surface area contributed by atoms with Crippen LogP contribution in [0.5, 0.6) is 0 Å². The van der Waals surface area contributed by atoms with E-state index >= 15 is 0 Å². The van der Waals surface area contributed by atoms with E-state index in [4.69, 9.17) is 9.47 Å². The lowest BCUT2D eigenvalue weighted by molar-refractivity contribution is -0.145. The lowest BCUT2D eigenvalue weighted by atomic mass is 9.76. The predicted octanol–water partition coefficient (Wildman–Crippen LogP) is 4.06. The van der Waals surface area contributed by atoms with Crippen LogP contribution in [0.25, 0.3) is 0 Å². The zero-order valence-electron chi connectivity index (χ0n) is 17.8. The molecule has 3 aromatic rings. The number of benzene rings is 3. The molecule has 160 valence electrons. The third-order valence-electron chi connectivity index (χ3n) is 5.36. The van der Waals surface area contributed by atoms with Gasteiger partial charge in [-0.05, 0) is 23.1 Å². The summed E-state index contributed by atoms with van der Waals surface area (Å²) >= 11 is 0. The normalized spacial score (nSPS) is 12.1. The summed E-state index contributed by atoms with van der Waals surface area (Å²) in [5.74, 6) is -0.809. The molecule has 31 heavy (non-hydrogen) atoms. The number of esters is 2. The summed E-state index contributed by atoms with van der Waals surface area (Å²) in [6.45, 7) is 0. The van der Waals surface area contributed by atoms with Gasteiger partial charge in [0.1, 0.15) is 6.04 Å². The summed E-state index contributed by atoms with van der Waals surface area (Å²) in [6, 6.07) is 29.1. The molecule has 0 radical (unpaired) electrons. The molecule has 0 bridgehead atoms. The highest BCUT2D eigenvalue weighted by Crippen LogP contribution is 2.37. The van der Waals surface area contributed by atoms with Gasteiger partial charge in [-0.2, -0.15) is 0 Å². The summed E-state index contributed by atoms with van der Waals surface area (Å²) in [5, 5.41) is 3.56. The molecule has 0 aliphatic heterocycles. The van der Waals surface area contributed by atoms with Gasteiger partial charge in [-0.15, -0.1) is 0 Å². The van der Waals surface area contributed by atoms with Crippen molar-refractivity contribution in [2.45, 2.75) is 24.4 Å². The van der Waals surface area contributed by atoms with Crippen LogP contribution in [0.3, 0.4) is 0 Å². The van der Waals surface area contributed by atoms with E-state index in [1.165, 1.54) is 14.2 Å². The summed E-state index contributed by atoms with van der Waals surface area (Å²) in [7, 11) is 2.69. The monoisotopic (exact) mass is 417 g/mol. The molecule has 0 heterocycles. The Bertz CT molecular complexity index is 877. The first-order valence-electron chi connectivity index (χ1n) is 10.2. The quantitative estimate of drug-likeness (QED) is 0.420. The number of rotatable bonds is 9. The molecule has 1 N–H and O–H groups in total. The first-order valence-corrected chi connectivity index (χ1v) is 10.2. The SMILES string of the molecule is COC(=O)CC[C@@H](NC(c1ccccc1)(c1ccccc1)c1ccccc1)C(=O)OC. The third-order valence-corrected chi connectivity index (χ3v) is 5.36. The van der Waals surface area contributed by atoms with Crippen molar-refractivity contribution >= 4 is 11.9 Å². The van der Waals surface area contributed by atoms with Crippen molar-refractivity contribution in [3.8, 4) is 0 Å². The van der Waals surface area contributed by atoms with Crippen molar-refractivity contribution in [2.75, 3.05) is 14.2 Å². The molecule has 3 rings (SSSR count). The molecule has 0 amide bonds. The van der Waals surface area contributed by atoms with E-state index in [2.05, 4.69) is 5.32 Å². The van der Waals surface area contributed by atoms with E-state index in [1.807, 2.05) is 91.0 Å². The molecule has 5 nitrogen and oxygen atoms in total. The molecule has 0 aliphatic carbocycles. The second kappa shape index (κ2) is 10.5. The Morgan fingerprint density at radius 2 is 1.16 bits per heavy atom. The van der Waals surface area contributed by atoms with Crippen LogP contribution < -0.4 is 5.32 Å². The van der Waals surface area contributed by atoms with E-state index < -0.39 is 17.6 Å². The highest BCUT2D eigenvalue weighted by molar-refractivity contribution is 5.77. The van der Waals surface area contributed by atoms with Crippen LogP contribution in [0.4, 0.5) is 0 Å². The average Bonchev–Trinajstić information content (AvgIpc) is 2.85. The Morgan fingerprint density at radius 3 is 1.52 bits per heavy atom. The summed E-state index contributed by atoms with van der Waals surface area (Å²) < 4.78 is 9.86. The molecular formula is C26H27NO4. The van der Waals surface area contributed by atoms with Crippen LogP contribution in [-0.2, 0) is 24.6 Å². The van der Waals surface area contributed by atoms with E-state index in [9.17, 15) is 9.59 Å². The zero-order chi connectivity index (χ0) is 22.1. The van der Waals surface area contributed by atoms with Gasteiger partial charge in [-0.25, -0.2) is 0 Å². The molecule has 0 fully saturated rings. The number of ether oxygens (including phenoxy) is 2. The Morgan fingerprint density at radius 1 is 0.742 bits per heavy atom. The largest absolute Gasteiger partial charge is 0.469 e. The van der Waals surface area contributed by atoms with E-state index in [-0.39, 0.29) is 18.8 Å². The summed E-state index contributed by atoms with van der Waals surface area (Å²) in [6.07, 6.45) is 0.339. The van der Waals surface area contributed by atoms with Gasteiger partial charge in [0.15, 0.2) is 0 Å². The first kappa shape index (κ1) is 22.2. The average molecular weight is 418 g/mol. The molecule has 3 aromatic carbocycles. The number of carbonyl (C=O) groups is 2. The lowest BCUT2D eigenvalue weighted by Gasteiger charge is -2.39. The maximum atomic E-state index is 12.7. The minimum atomic E-state index is -0.835. The van der Waals surface area contributed by atoms with E-state index in [0.29, 0.717) is 0 Å². The van der Waals surface area contributed by atoms with Crippen molar-refractivity contribution in [3.63, 3.8) is 0 Å². The first-order chi connectivity index (χ1) is 15.1. The molecule has 0 aliphatic rings. The van der Waals surface area contributed by atoms with Crippen molar-refractivity contribution in [1.29, 1.82) is 0 Å². The molecule has 0 saturated carbocycles. The van der Waals surface area contributed by atoms with Gasteiger partial charge in [0.25, 0.3) is 0 Å². The van der Waals surface area contributed by atoms with Gasteiger partial charge in [-0.3, -0.25) is 14.9 Å². The minimum absolute atomic E-state index is 0.0950. The third kappa shape index (κ3) is 5.01. The molecule has 1 atom stereocenters. The standard InChI is InChI=1S/C26H27NO4/c1-30-24(28)19-18-23(25(29)31-2)27-26(20-12-6-3-7-13-20,21-14-8-4-9-15-21)22-16-10-5-11-17-22/h3-17,23,27H,18-19H2,1-2H3/t23-/m1/s1. The van der Waals surface area contributed by atoms with Crippen LogP contribution in [0.2, 0.25) is 0 Å². The molecular weight excluding hydrogens is 390 g/mol. The Balaban J connectivity index is 2.18. The van der Waals surface area contributed by atoms with Crippen LogP contribution in [0, 0.1) is 0 Å². The lowest BCUT2D eigenvalue weighted by Crippen LogP contribution is -2.53. The molecule has 5 heteroatoms. The Hall–Kier alpha value is -3.44. The summed E-state index contributed by atoms with van der Waals surface area (Å²) in [5.41, 5.74) is 2.08. The van der Waals surface area contributed by atoms with Crippen LogP contribution in [0.1, 0.15) is 29.5 Å². The fourth-order valence-electron chi connectivity index (χ4n) is 3.83. The predicted molar refractivity (Wildman–Crippen MR) is 119 cm³/mol. The van der Waals surface area contributed by atoms with Crippen molar-refractivity contribution in [2.24, 2.45) is 0 Å². The van der Waals surface area contributed by atoms with Crippen molar-refractivity contribution < 1.29 is 19.1 Å². The molecule has 0 saturated heterocycles. The Labute approximate surface area is 183 Å². The number of nitrogens with one attached hydrogen (secondary N) is 1. The topological polar surface area (TPSA) is 64.6 Å². The van der Waals surface area contributed by atoms with Gasteiger partial charge >= 0.3 is 11.9 Å². The number of hydrogen-bond acceptors (Lipinski definition) is 5. The van der Waals surface area contributed by atoms with Gasteiger partial charge < -0.3 is 9.47 Å². The summed E-state index contributed by atoms with van der Waals surface area (Å²) in [4.78, 5) is 24.5. The second-order valence-electron chi connectivity index (χ2n) is 7.18. The highest BCUT2D eigenvalue weighted by atomic mass is 16.5. The minimum Gasteiger partial charge on any atom is -0.469 e. The van der Waals surface area contributed by atoms with E-state index in [1.54, 1.807) is 0 Å². The van der Waals surface area contributed by atoms with Gasteiger partial charge in [0.2, 0.25) is 0 Å². The smallest absolute Gasteiger partial charge is 0.322 e. The van der Waals surface area contributed by atoms with Crippen LogP contribution in [0.15, 0.2) is 91.0 Å². The Kier molecular flexibility index (Phi) is 7.57. The number of carbonyl (C=O) groups excluding carboxylic acids is 2. The van der Waals surface area contributed by atoms with Crippen LogP contribution in [-0.4, -0.2) is 32.2 Å². The van der Waals surface area contributed by atoms with Gasteiger partial charge in [-0.1, -0.05) is 91.0 Å². The molecule has 0 aromatic heterocycles. The molecule has 0 spiro atoms. The van der Waals surface area contributed by atoms with Crippen molar-refractivity contribution in [3.05, 3.63) is 108 Å². The number of hydrogen-bond donors (Lipinski definition) is 1. The van der Waals surface area contributed by atoms with Gasteiger partial charge in [0.05, 0.1) is 19.8 Å². The number of methoxy groups -OCH3 is 2. The maximum Gasteiger partial charge on any atom is 0.322 e. The molecule has 0 unspecified atom stereocenters. The fraction of sp³-hybridized carbons (Fsp3) is 0.231. The van der Waals surface area contributed by atoms with Crippen molar-refractivity contribution in [1.82, 2.24) is 5.32 Å². The maximum absolute atomic E-state index is 12.7. The van der Waals surface area contributed by atoms with E-state index in [0.717, 1.165) is 16.7 Å². The van der Waals surface area contributed by atoms with Gasteiger partial charge in [0, 0.05) is 6.42 Å². The fourth-order valence-corrected chi connectivity index (χ4v) is 3.83. The van der Waals surface area contributed by atoms with Crippen LogP contribution >= 0.6 is 0 Å². The second-order valence-corrected chi connectivity index (χ2v) is 7.18. The highest BCUT2D eigenvalue weighted by Gasteiger charge is 2.40. The zero-order valence-corrected chi connectivity index (χ0v) is 17.8.